The highest BCUT2D eigenvalue weighted by atomic mass is 16.2. The van der Waals surface area contributed by atoms with E-state index in [1.807, 2.05) is 25.1 Å². The minimum atomic E-state index is -0.156. The van der Waals surface area contributed by atoms with Gasteiger partial charge in [0.25, 0.3) is 0 Å². The number of imide groups is 1. The largest absolute Gasteiger partial charge is 0.296 e. The van der Waals surface area contributed by atoms with Crippen LogP contribution in [0.5, 0.6) is 0 Å². The van der Waals surface area contributed by atoms with Crippen LogP contribution < -0.4 is 5.32 Å². The Hall–Kier alpha value is -1.64. The van der Waals surface area contributed by atoms with E-state index in [1.165, 1.54) is 5.56 Å². The van der Waals surface area contributed by atoms with Gasteiger partial charge in [-0.3, -0.25) is 14.9 Å². The molecule has 1 aliphatic rings. The van der Waals surface area contributed by atoms with Gasteiger partial charge in [-0.1, -0.05) is 43.7 Å². The summed E-state index contributed by atoms with van der Waals surface area (Å²) in [6.45, 7) is 6.25. The molecule has 0 spiro atoms. The molecule has 3 nitrogen and oxygen atoms in total. The number of hydrogen-bond acceptors (Lipinski definition) is 2. The lowest BCUT2D eigenvalue weighted by molar-refractivity contribution is -0.137. The van der Waals surface area contributed by atoms with E-state index >= 15 is 0 Å². The van der Waals surface area contributed by atoms with Crippen molar-refractivity contribution in [1.82, 2.24) is 5.32 Å². The van der Waals surface area contributed by atoms with Gasteiger partial charge < -0.3 is 0 Å². The minimum absolute atomic E-state index is 0.0172. The summed E-state index contributed by atoms with van der Waals surface area (Å²) < 4.78 is 0. The summed E-state index contributed by atoms with van der Waals surface area (Å²) >= 11 is 0. The highest BCUT2D eigenvalue weighted by molar-refractivity contribution is 5.99. The molecule has 1 aromatic rings. The average molecular weight is 259 g/mol. The maximum absolute atomic E-state index is 12.1. The fourth-order valence-corrected chi connectivity index (χ4v) is 2.84. The topological polar surface area (TPSA) is 46.2 Å². The molecule has 1 saturated heterocycles. The maximum atomic E-state index is 12.1. The van der Waals surface area contributed by atoms with Crippen LogP contribution in [0.1, 0.15) is 43.7 Å². The van der Waals surface area contributed by atoms with Crippen molar-refractivity contribution in [2.24, 2.45) is 11.8 Å². The Balaban J connectivity index is 2.32. The van der Waals surface area contributed by atoms with Gasteiger partial charge in [-0.05, 0) is 24.8 Å². The molecule has 1 heterocycles. The highest BCUT2D eigenvalue weighted by Gasteiger charge is 2.36. The number of benzene rings is 1. The number of rotatable bonds is 3. The molecule has 2 rings (SSSR count). The first kappa shape index (κ1) is 13.8. The molecule has 0 aromatic heterocycles. The number of carbonyl (C=O) groups is 2. The monoisotopic (exact) mass is 259 g/mol. The van der Waals surface area contributed by atoms with Crippen LogP contribution in [0.2, 0.25) is 0 Å². The number of aryl methyl sites for hydroxylation is 1. The van der Waals surface area contributed by atoms with Crippen molar-refractivity contribution < 1.29 is 9.59 Å². The quantitative estimate of drug-likeness (QED) is 0.848. The summed E-state index contributed by atoms with van der Waals surface area (Å²) in [4.78, 5) is 23.7. The molecule has 102 valence electrons. The molecule has 2 amide bonds. The number of amides is 2. The van der Waals surface area contributed by atoms with Crippen molar-refractivity contribution in [2.75, 3.05) is 0 Å². The van der Waals surface area contributed by atoms with E-state index in [0.29, 0.717) is 12.3 Å². The standard InChI is InChI=1S/C16H21NO2/c1-10(2)7-14-13(9-15(18)17-16(14)19)12-6-4-5-11(3)8-12/h4-6,8,10,13-14H,7,9H2,1-3H3,(H,17,18,19). The molecule has 1 aliphatic heterocycles. The molecule has 1 aromatic carbocycles. The van der Waals surface area contributed by atoms with Gasteiger partial charge in [0.2, 0.25) is 11.8 Å². The molecule has 0 aliphatic carbocycles. The van der Waals surface area contributed by atoms with Gasteiger partial charge in [0.1, 0.15) is 0 Å². The van der Waals surface area contributed by atoms with Crippen molar-refractivity contribution in [3.8, 4) is 0 Å². The number of piperidine rings is 1. The van der Waals surface area contributed by atoms with Crippen molar-refractivity contribution in [3.63, 3.8) is 0 Å². The molecular formula is C16H21NO2. The predicted molar refractivity (Wildman–Crippen MR) is 74.6 cm³/mol. The first-order valence-electron chi connectivity index (χ1n) is 6.87. The van der Waals surface area contributed by atoms with E-state index in [-0.39, 0.29) is 23.7 Å². The second-order valence-electron chi connectivity index (χ2n) is 5.87. The zero-order chi connectivity index (χ0) is 14.0. The zero-order valence-electron chi connectivity index (χ0n) is 11.8. The average Bonchev–Trinajstić information content (AvgIpc) is 2.32. The van der Waals surface area contributed by atoms with Crippen LogP contribution in [0.25, 0.3) is 0 Å². The predicted octanol–water partition coefficient (Wildman–Crippen LogP) is 2.79. The Morgan fingerprint density at radius 3 is 2.68 bits per heavy atom. The molecule has 0 bridgehead atoms. The molecule has 0 radical (unpaired) electrons. The summed E-state index contributed by atoms with van der Waals surface area (Å²) in [6.07, 6.45) is 1.23. The van der Waals surface area contributed by atoms with Gasteiger partial charge in [0.15, 0.2) is 0 Å². The Labute approximate surface area is 114 Å². The third-order valence-electron chi connectivity index (χ3n) is 3.69. The Kier molecular flexibility index (Phi) is 4.03. The summed E-state index contributed by atoms with van der Waals surface area (Å²) in [7, 11) is 0. The van der Waals surface area contributed by atoms with Gasteiger partial charge in [0.05, 0.1) is 0 Å². The van der Waals surface area contributed by atoms with E-state index in [1.54, 1.807) is 0 Å². The second-order valence-corrected chi connectivity index (χ2v) is 5.87. The smallest absolute Gasteiger partial charge is 0.230 e. The molecular weight excluding hydrogens is 238 g/mol. The summed E-state index contributed by atoms with van der Waals surface area (Å²) in [5.41, 5.74) is 2.27. The van der Waals surface area contributed by atoms with Crippen LogP contribution in [0.4, 0.5) is 0 Å². The molecule has 2 atom stereocenters. The van der Waals surface area contributed by atoms with E-state index < -0.39 is 0 Å². The van der Waals surface area contributed by atoms with E-state index in [4.69, 9.17) is 0 Å². The number of carbonyl (C=O) groups excluding carboxylic acids is 2. The van der Waals surface area contributed by atoms with Crippen LogP contribution in [0.15, 0.2) is 24.3 Å². The molecule has 0 saturated carbocycles. The van der Waals surface area contributed by atoms with Gasteiger partial charge >= 0.3 is 0 Å². The Bertz CT molecular complexity index is 493. The third kappa shape index (κ3) is 3.22. The molecule has 2 unspecified atom stereocenters. The zero-order valence-corrected chi connectivity index (χ0v) is 11.8. The lowest BCUT2D eigenvalue weighted by Gasteiger charge is -2.31. The molecule has 1 N–H and O–H groups in total. The summed E-state index contributed by atoms with van der Waals surface area (Å²) in [5.74, 6) is 0.0901. The fourth-order valence-electron chi connectivity index (χ4n) is 2.84. The fraction of sp³-hybridized carbons (Fsp3) is 0.500. The van der Waals surface area contributed by atoms with Gasteiger partial charge in [-0.2, -0.15) is 0 Å². The summed E-state index contributed by atoms with van der Waals surface area (Å²) in [5, 5.41) is 2.47. The van der Waals surface area contributed by atoms with Crippen molar-refractivity contribution in [3.05, 3.63) is 35.4 Å². The van der Waals surface area contributed by atoms with E-state index in [2.05, 4.69) is 25.2 Å². The first-order chi connectivity index (χ1) is 8.97. The molecule has 3 heteroatoms. The van der Waals surface area contributed by atoms with E-state index in [0.717, 1.165) is 12.0 Å². The lowest BCUT2D eigenvalue weighted by atomic mass is 9.76. The lowest BCUT2D eigenvalue weighted by Crippen LogP contribution is -2.45. The van der Waals surface area contributed by atoms with Crippen LogP contribution in [0.3, 0.4) is 0 Å². The van der Waals surface area contributed by atoms with Crippen LogP contribution >= 0.6 is 0 Å². The third-order valence-corrected chi connectivity index (χ3v) is 3.69. The van der Waals surface area contributed by atoms with E-state index in [9.17, 15) is 9.59 Å². The van der Waals surface area contributed by atoms with Gasteiger partial charge in [-0.15, -0.1) is 0 Å². The van der Waals surface area contributed by atoms with Gasteiger partial charge in [-0.25, -0.2) is 0 Å². The van der Waals surface area contributed by atoms with Crippen molar-refractivity contribution in [1.29, 1.82) is 0 Å². The van der Waals surface area contributed by atoms with Crippen LogP contribution in [0, 0.1) is 18.8 Å². The highest BCUT2D eigenvalue weighted by Crippen LogP contribution is 2.35. The first-order valence-corrected chi connectivity index (χ1v) is 6.87. The maximum Gasteiger partial charge on any atom is 0.230 e. The van der Waals surface area contributed by atoms with Crippen LogP contribution in [-0.4, -0.2) is 11.8 Å². The minimum Gasteiger partial charge on any atom is -0.296 e. The van der Waals surface area contributed by atoms with Crippen molar-refractivity contribution in [2.45, 2.75) is 39.5 Å². The number of nitrogens with one attached hydrogen (secondary N) is 1. The second kappa shape index (κ2) is 5.55. The number of hydrogen-bond donors (Lipinski definition) is 1. The SMILES string of the molecule is Cc1cccc(C2CC(=O)NC(=O)C2CC(C)C)c1. The Morgan fingerprint density at radius 1 is 1.32 bits per heavy atom. The van der Waals surface area contributed by atoms with Gasteiger partial charge in [0, 0.05) is 18.3 Å². The van der Waals surface area contributed by atoms with Crippen molar-refractivity contribution >= 4 is 11.8 Å². The molecule has 1 fully saturated rings. The Morgan fingerprint density at radius 2 is 2.05 bits per heavy atom. The molecule has 19 heavy (non-hydrogen) atoms. The summed E-state index contributed by atoms with van der Waals surface area (Å²) in [6, 6.07) is 8.14. The van der Waals surface area contributed by atoms with Crippen LogP contribution in [-0.2, 0) is 9.59 Å². The normalized spacial score (nSPS) is 23.6.